The molecule has 0 radical (unpaired) electrons. The van der Waals surface area contributed by atoms with E-state index in [1.165, 1.54) is 16.8 Å². The van der Waals surface area contributed by atoms with Crippen LogP contribution in [0.25, 0.3) is 11.1 Å². The second kappa shape index (κ2) is 4.29. The van der Waals surface area contributed by atoms with E-state index in [1.807, 2.05) is 0 Å². The van der Waals surface area contributed by atoms with E-state index in [4.69, 9.17) is 17.3 Å². The van der Waals surface area contributed by atoms with Gasteiger partial charge in [-0.1, -0.05) is 11.6 Å². The summed E-state index contributed by atoms with van der Waals surface area (Å²) >= 11 is 5.93. The first-order chi connectivity index (χ1) is 8.29. The summed E-state index contributed by atoms with van der Waals surface area (Å²) < 4.78 is 24.6. The number of rotatable bonds is 2. The van der Waals surface area contributed by atoms with Gasteiger partial charge in [-0.25, -0.2) is 8.42 Å². The predicted octanol–water partition coefficient (Wildman–Crippen LogP) is 1.73. The zero-order chi connectivity index (χ0) is 13.5. The van der Waals surface area contributed by atoms with Crippen LogP contribution in [-0.2, 0) is 16.9 Å². The normalized spacial score (nSPS) is 11.7. The van der Waals surface area contributed by atoms with Crippen molar-refractivity contribution in [3.63, 3.8) is 0 Å². The fourth-order valence-corrected chi connectivity index (χ4v) is 2.58. The number of aryl methyl sites for hydroxylation is 1. The van der Waals surface area contributed by atoms with Crippen molar-refractivity contribution in [2.24, 2.45) is 7.05 Å². The maximum Gasteiger partial charge on any atom is 0.175 e. The highest BCUT2D eigenvalue weighted by Crippen LogP contribution is 2.30. The molecule has 0 aliphatic carbocycles. The highest BCUT2D eigenvalue weighted by molar-refractivity contribution is 7.90. The Hall–Kier alpha value is -1.53. The number of halogens is 1. The number of hydrogen-bond donors (Lipinski definition) is 1. The molecule has 0 bridgehead atoms. The van der Waals surface area contributed by atoms with Gasteiger partial charge < -0.3 is 5.73 Å². The summed E-state index contributed by atoms with van der Waals surface area (Å²) in [6.07, 6.45) is 2.71. The Kier molecular flexibility index (Phi) is 3.08. The number of nitrogens with zero attached hydrogens (tertiary/aromatic N) is 2. The van der Waals surface area contributed by atoms with Crippen molar-refractivity contribution in [1.29, 1.82) is 0 Å². The molecule has 2 N–H and O–H groups in total. The van der Waals surface area contributed by atoms with Gasteiger partial charge in [0, 0.05) is 23.9 Å². The first kappa shape index (κ1) is 12.9. The summed E-state index contributed by atoms with van der Waals surface area (Å²) in [5.41, 5.74) is 7.14. The first-order valence-corrected chi connectivity index (χ1v) is 7.34. The van der Waals surface area contributed by atoms with E-state index >= 15 is 0 Å². The van der Waals surface area contributed by atoms with Gasteiger partial charge in [0.1, 0.15) is 5.82 Å². The van der Waals surface area contributed by atoms with E-state index in [0.717, 1.165) is 6.26 Å². The van der Waals surface area contributed by atoms with Crippen LogP contribution < -0.4 is 5.73 Å². The topological polar surface area (TPSA) is 78.0 Å². The van der Waals surface area contributed by atoms with Gasteiger partial charge in [-0.05, 0) is 23.8 Å². The minimum Gasteiger partial charge on any atom is -0.383 e. The van der Waals surface area contributed by atoms with Crippen LogP contribution in [-0.4, -0.2) is 24.5 Å². The number of anilines is 1. The molecule has 1 heterocycles. The average Bonchev–Trinajstić information content (AvgIpc) is 2.58. The van der Waals surface area contributed by atoms with Crippen LogP contribution in [0, 0.1) is 0 Å². The van der Waals surface area contributed by atoms with Crippen molar-refractivity contribution in [2.75, 3.05) is 12.0 Å². The average molecular weight is 286 g/mol. The van der Waals surface area contributed by atoms with Gasteiger partial charge in [0.25, 0.3) is 0 Å². The summed E-state index contributed by atoms with van der Waals surface area (Å²) in [7, 11) is -1.61. The fraction of sp³-hybridized carbons (Fsp3) is 0.182. The Labute approximate surface area is 110 Å². The fourth-order valence-electron chi connectivity index (χ4n) is 1.60. The van der Waals surface area contributed by atoms with Gasteiger partial charge in [0.15, 0.2) is 9.84 Å². The molecule has 7 heteroatoms. The molecular weight excluding hydrogens is 274 g/mol. The lowest BCUT2D eigenvalue weighted by molar-refractivity contribution is 0.602. The Morgan fingerprint density at radius 1 is 1.33 bits per heavy atom. The third-order valence-corrected chi connectivity index (χ3v) is 3.91. The van der Waals surface area contributed by atoms with Crippen molar-refractivity contribution in [3.05, 3.63) is 29.4 Å². The number of hydrogen-bond acceptors (Lipinski definition) is 4. The molecule has 96 valence electrons. The molecule has 0 saturated heterocycles. The van der Waals surface area contributed by atoms with Crippen LogP contribution >= 0.6 is 11.6 Å². The summed E-state index contributed by atoms with van der Waals surface area (Å²) in [4.78, 5) is 0.160. The standard InChI is InChI=1S/C11H12ClN3O2S/c1-15-11(13)10(6-14-15)7-3-8(12)5-9(4-7)18(2,16)17/h3-6H,13H2,1-2H3. The number of benzene rings is 1. The Balaban J connectivity index is 2.66. The largest absolute Gasteiger partial charge is 0.383 e. The number of nitrogens with two attached hydrogens (primary N) is 1. The molecule has 0 saturated carbocycles. The summed E-state index contributed by atoms with van der Waals surface area (Å²) in [6.45, 7) is 0. The van der Waals surface area contributed by atoms with Crippen LogP contribution in [0.3, 0.4) is 0 Å². The minimum absolute atomic E-state index is 0.160. The molecule has 5 nitrogen and oxygen atoms in total. The van der Waals surface area contributed by atoms with Crippen LogP contribution in [0.1, 0.15) is 0 Å². The molecule has 2 aromatic rings. The zero-order valence-electron chi connectivity index (χ0n) is 9.88. The Morgan fingerprint density at radius 3 is 2.50 bits per heavy atom. The lowest BCUT2D eigenvalue weighted by Crippen LogP contribution is -1.99. The molecule has 0 spiro atoms. The predicted molar refractivity (Wildman–Crippen MR) is 71.2 cm³/mol. The van der Waals surface area contributed by atoms with E-state index < -0.39 is 9.84 Å². The lowest BCUT2D eigenvalue weighted by Gasteiger charge is -2.05. The number of nitrogen functional groups attached to an aromatic ring is 1. The Bertz CT molecular complexity index is 707. The van der Waals surface area contributed by atoms with E-state index in [9.17, 15) is 8.42 Å². The van der Waals surface area contributed by atoms with Gasteiger partial charge >= 0.3 is 0 Å². The first-order valence-electron chi connectivity index (χ1n) is 5.07. The second-order valence-electron chi connectivity index (χ2n) is 4.01. The molecule has 0 fully saturated rings. The second-order valence-corrected chi connectivity index (χ2v) is 6.47. The van der Waals surface area contributed by atoms with Crippen molar-refractivity contribution in [3.8, 4) is 11.1 Å². The molecule has 2 rings (SSSR count). The highest BCUT2D eigenvalue weighted by atomic mass is 35.5. The van der Waals surface area contributed by atoms with E-state index in [-0.39, 0.29) is 4.90 Å². The van der Waals surface area contributed by atoms with Gasteiger partial charge in [0.2, 0.25) is 0 Å². The van der Waals surface area contributed by atoms with Crippen LogP contribution in [0.2, 0.25) is 5.02 Å². The van der Waals surface area contributed by atoms with Crippen LogP contribution in [0.4, 0.5) is 5.82 Å². The summed E-state index contributed by atoms with van der Waals surface area (Å²) in [6, 6.07) is 4.60. The summed E-state index contributed by atoms with van der Waals surface area (Å²) in [5, 5.41) is 4.36. The quantitative estimate of drug-likeness (QED) is 0.911. The number of aromatic nitrogens is 2. The minimum atomic E-state index is -3.31. The molecular formula is C11H12ClN3O2S. The van der Waals surface area contributed by atoms with E-state index in [0.29, 0.717) is 22.0 Å². The molecule has 0 aliphatic rings. The van der Waals surface area contributed by atoms with Crippen LogP contribution in [0.15, 0.2) is 29.3 Å². The maximum absolute atomic E-state index is 11.5. The lowest BCUT2D eigenvalue weighted by atomic mass is 10.1. The summed E-state index contributed by atoms with van der Waals surface area (Å²) in [5.74, 6) is 0.455. The van der Waals surface area contributed by atoms with Crippen molar-refractivity contribution in [2.45, 2.75) is 4.90 Å². The third-order valence-electron chi connectivity index (χ3n) is 2.60. The molecule has 0 aliphatic heterocycles. The maximum atomic E-state index is 11.5. The van der Waals surface area contributed by atoms with Crippen molar-refractivity contribution >= 4 is 27.3 Å². The van der Waals surface area contributed by atoms with Crippen LogP contribution in [0.5, 0.6) is 0 Å². The molecule has 1 aromatic carbocycles. The highest BCUT2D eigenvalue weighted by Gasteiger charge is 2.13. The molecule has 18 heavy (non-hydrogen) atoms. The smallest absolute Gasteiger partial charge is 0.175 e. The Morgan fingerprint density at radius 2 is 2.00 bits per heavy atom. The van der Waals surface area contributed by atoms with E-state index in [1.54, 1.807) is 19.3 Å². The van der Waals surface area contributed by atoms with Crippen molar-refractivity contribution < 1.29 is 8.42 Å². The molecule has 0 atom stereocenters. The van der Waals surface area contributed by atoms with E-state index in [2.05, 4.69) is 5.10 Å². The molecule has 0 amide bonds. The number of sulfone groups is 1. The van der Waals surface area contributed by atoms with Gasteiger partial charge in [-0.2, -0.15) is 5.10 Å². The molecule has 0 unspecified atom stereocenters. The van der Waals surface area contributed by atoms with Gasteiger partial charge in [0.05, 0.1) is 11.1 Å². The zero-order valence-corrected chi connectivity index (χ0v) is 11.5. The SMILES string of the molecule is Cn1ncc(-c2cc(Cl)cc(S(C)(=O)=O)c2)c1N. The van der Waals surface area contributed by atoms with Gasteiger partial charge in [-0.3, -0.25) is 4.68 Å². The monoisotopic (exact) mass is 285 g/mol. The molecule has 1 aromatic heterocycles. The van der Waals surface area contributed by atoms with Crippen molar-refractivity contribution in [1.82, 2.24) is 9.78 Å². The van der Waals surface area contributed by atoms with Gasteiger partial charge in [-0.15, -0.1) is 0 Å². The third kappa shape index (κ3) is 2.34.